The van der Waals surface area contributed by atoms with Gasteiger partial charge in [0, 0.05) is 11.1 Å². The number of methoxy groups -OCH3 is 4. The number of esters is 4. The number of anilines is 1. The number of carbonyl (C=O) groups excluding carboxylic acids is 4. The number of fused-ring (bicyclic) bond motifs is 3. The van der Waals surface area contributed by atoms with E-state index in [1.165, 1.54) is 11.1 Å². The first-order valence-corrected chi connectivity index (χ1v) is 9.06. The van der Waals surface area contributed by atoms with Gasteiger partial charge in [-0.1, -0.05) is 23.9 Å². The van der Waals surface area contributed by atoms with Crippen molar-refractivity contribution in [3.8, 4) is 0 Å². The fourth-order valence-electron chi connectivity index (χ4n) is 3.25. The third-order valence-electron chi connectivity index (χ3n) is 4.48. The van der Waals surface area contributed by atoms with Crippen LogP contribution in [-0.2, 0) is 38.1 Å². The van der Waals surface area contributed by atoms with Gasteiger partial charge < -0.3 is 23.8 Å². The fraction of sp³-hybridized carbons (Fsp3) is 0.263. The second kappa shape index (κ2) is 7.63. The zero-order valence-corrected chi connectivity index (χ0v) is 16.8. The molecule has 0 amide bonds. The Morgan fingerprint density at radius 1 is 0.862 bits per heavy atom. The van der Waals surface area contributed by atoms with Gasteiger partial charge in [-0.3, -0.25) is 0 Å². The van der Waals surface area contributed by atoms with Gasteiger partial charge in [-0.25, -0.2) is 19.2 Å². The Balaban J connectivity index is 2.45. The van der Waals surface area contributed by atoms with E-state index in [2.05, 4.69) is 0 Å². The highest BCUT2D eigenvalue weighted by molar-refractivity contribution is 8.02. The molecule has 0 aromatic heterocycles. The van der Waals surface area contributed by atoms with Crippen LogP contribution in [0, 0.1) is 0 Å². The minimum Gasteiger partial charge on any atom is -0.466 e. The minimum absolute atomic E-state index is 0.253. The van der Waals surface area contributed by atoms with Crippen molar-refractivity contribution in [2.24, 2.45) is 0 Å². The second-order valence-electron chi connectivity index (χ2n) is 5.84. The Morgan fingerprint density at radius 3 is 2.07 bits per heavy atom. The molecule has 0 aliphatic carbocycles. The largest absolute Gasteiger partial charge is 0.466 e. The van der Waals surface area contributed by atoms with Crippen LogP contribution in [0.15, 0.2) is 52.1 Å². The van der Waals surface area contributed by atoms with E-state index in [0.717, 1.165) is 40.2 Å². The normalized spacial score (nSPS) is 19.6. The molecule has 152 valence electrons. The smallest absolute Gasteiger partial charge is 0.348 e. The molecule has 0 N–H and O–H groups in total. The van der Waals surface area contributed by atoms with Crippen molar-refractivity contribution in [3.05, 3.63) is 47.2 Å². The van der Waals surface area contributed by atoms with E-state index in [1.807, 2.05) is 0 Å². The maximum atomic E-state index is 13.0. The number of nitrogens with zero attached hydrogens (tertiary/aromatic N) is 1. The summed E-state index contributed by atoms with van der Waals surface area (Å²) >= 11 is 0.993. The van der Waals surface area contributed by atoms with Gasteiger partial charge in [0.25, 0.3) is 0 Å². The van der Waals surface area contributed by atoms with Gasteiger partial charge in [0.15, 0.2) is 0 Å². The number of benzene rings is 1. The molecule has 0 radical (unpaired) electrons. The number of carbonyl (C=O) groups is 4. The van der Waals surface area contributed by atoms with Crippen LogP contribution in [0.4, 0.5) is 5.69 Å². The molecule has 2 aliphatic heterocycles. The maximum absolute atomic E-state index is 13.0. The predicted octanol–water partition coefficient (Wildman–Crippen LogP) is 1.18. The molecule has 0 saturated carbocycles. The van der Waals surface area contributed by atoms with Crippen molar-refractivity contribution in [2.75, 3.05) is 33.3 Å². The zero-order chi connectivity index (χ0) is 21.3. The van der Waals surface area contributed by atoms with Crippen LogP contribution in [0.1, 0.15) is 0 Å². The van der Waals surface area contributed by atoms with Gasteiger partial charge in [-0.05, 0) is 12.1 Å². The molecule has 0 bridgehead atoms. The number of thioether (sulfide) groups is 1. The van der Waals surface area contributed by atoms with E-state index < -0.39 is 34.3 Å². The van der Waals surface area contributed by atoms with E-state index in [0.29, 0.717) is 10.6 Å². The molecule has 0 saturated heterocycles. The molecule has 0 spiro atoms. The first-order chi connectivity index (χ1) is 13.9. The Hall–Kier alpha value is -3.27. The minimum atomic E-state index is -1.83. The lowest BCUT2D eigenvalue weighted by atomic mass is 9.89. The molecular weight excluding hydrogens is 402 g/mol. The van der Waals surface area contributed by atoms with Gasteiger partial charge in [-0.15, -0.1) is 0 Å². The van der Waals surface area contributed by atoms with Gasteiger partial charge >= 0.3 is 23.9 Å². The van der Waals surface area contributed by atoms with Crippen LogP contribution in [-0.4, -0.2) is 57.2 Å². The molecule has 1 aromatic rings. The Bertz CT molecular complexity index is 982. The zero-order valence-electron chi connectivity index (χ0n) is 16.0. The van der Waals surface area contributed by atoms with Crippen molar-refractivity contribution < 1.29 is 38.1 Å². The summed E-state index contributed by atoms with van der Waals surface area (Å²) in [4.78, 5) is 51.2. The highest BCUT2D eigenvalue weighted by atomic mass is 32.2. The van der Waals surface area contributed by atoms with Crippen LogP contribution < -0.4 is 4.90 Å². The monoisotopic (exact) mass is 419 g/mol. The lowest BCUT2D eigenvalue weighted by molar-refractivity contribution is -0.146. The molecule has 0 fully saturated rings. The highest BCUT2D eigenvalue weighted by Gasteiger charge is 2.61. The molecule has 1 atom stereocenters. The molecule has 29 heavy (non-hydrogen) atoms. The fourth-order valence-corrected chi connectivity index (χ4v) is 4.69. The third-order valence-corrected chi connectivity index (χ3v) is 5.91. The topological polar surface area (TPSA) is 108 Å². The standard InChI is InChI=1S/C19H17NO8S/c1-25-15(21)10-9-20-11-7-5-6-8-12(11)29-19(20,18(24)28-4)14(17(23)27-3)13(10)16(22)26-2/h5-9H,1-4H3/t19-/m1/s1. The molecule has 1 aromatic carbocycles. The van der Waals surface area contributed by atoms with Crippen LogP contribution >= 0.6 is 11.8 Å². The van der Waals surface area contributed by atoms with Gasteiger partial charge in [0.05, 0.1) is 45.3 Å². The quantitative estimate of drug-likeness (QED) is 0.521. The summed E-state index contributed by atoms with van der Waals surface area (Å²) in [6.45, 7) is 0. The lowest BCUT2D eigenvalue weighted by Crippen LogP contribution is -2.55. The highest BCUT2D eigenvalue weighted by Crippen LogP contribution is 2.57. The van der Waals surface area contributed by atoms with Crippen molar-refractivity contribution in [1.29, 1.82) is 0 Å². The van der Waals surface area contributed by atoms with Crippen molar-refractivity contribution in [1.82, 2.24) is 0 Å². The van der Waals surface area contributed by atoms with Gasteiger partial charge in [0.2, 0.25) is 4.87 Å². The van der Waals surface area contributed by atoms with E-state index in [1.54, 1.807) is 24.3 Å². The van der Waals surface area contributed by atoms with E-state index >= 15 is 0 Å². The number of hydrogen-bond acceptors (Lipinski definition) is 10. The van der Waals surface area contributed by atoms with E-state index in [9.17, 15) is 19.2 Å². The maximum Gasteiger partial charge on any atom is 0.348 e. The number of hydrogen-bond donors (Lipinski definition) is 0. The summed E-state index contributed by atoms with van der Waals surface area (Å²) in [5.41, 5.74) is -0.526. The Labute approximate surface area is 170 Å². The molecule has 10 heteroatoms. The summed E-state index contributed by atoms with van der Waals surface area (Å²) in [5.74, 6) is -3.71. The molecule has 2 aliphatic rings. The average molecular weight is 419 g/mol. The van der Waals surface area contributed by atoms with Crippen LogP contribution in [0.3, 0.4) is 0 Å². The predicted molar refractivity (Wildman–Crippen MR) is 101 cm³/mol. The molecule has 2 heterocycles. The first-order valence-electron chi connectivity index (χ1n) is 8.25. The average Bonchev–Trinajstić information content (AvgIpc) is 3.10. The summed E-state index contributed by atoms with van der Waals surface area (Å²) in [5, 5.41) is 0. The SMILES string of the molecule is COC(=O)C1=CN2c3ccccc3S[C@@]2(C(=O)OC)C(C(=O)OC)=C1C(=O)OC. The van der Waals surface area contributed by atoms with Crippen LogP contribution in [0.2, 0.25) is 0 Å². The molecule has 0 unspecified atom stereocenters. The van der Waals surface area contributed by atoms with Gasteiger partial charge in [-0.2, -0.15) is 0 Å². The molecular formula is C19H17NO8S. The van der Waals surface area contributed by atoms with Gasteiger partial charge in [0.1, 0.15) is 5.57 Å². The summed E-state index contributed by atoms with van der Waals surface area (Å²) in [6.07, 6.45) is 1.28. The third kappa shape index (κ3) is 2.87. The van der Waals surface area contributed by atoms with E-state index in [-0.39, 0.29) is 11.1 Å². The molecule has 9 nitrogen and oxygen atoms in total. The number of rotatable bonds is 4. The van der Waals surface area contributed by atoms with Crippen molar-refractivity contribution in [2.45, 2.75) is 9.77 Å². The Morgan fingerprint density at radius 2 is 1.48 bits per heavy atom. The summed E-state index contributed by atoms with van der Waals surface area (Å²) in [7, 11) is 4.48. The van der Waals surface area contributed by atoms with Crippen LogP contribution in [0.25, 0.3) is 0 Å². The van der Waals surface area contributed by atoms with Crippen molar-refractivity contribution in [3.63, 3.8) is 0 Å². The van der Waals surface area contributed by atoms with Crippen molar-refractivity contribution >= 4 is 41.3 Å². The van der Waals surface area contributed by atoms with Crippen LogP contribution in [0.5, 0.6) is 0 Å². The van der Waals surface area contributed by atoms with E-state index in [4.69, 9.17) is 18.9 Å². The Kier molecular flexibility index (Phi) is 5.38. The summed E-state index contributed by atoms with van der Waals surface area (Å²) in [6, 6.07) is 6.93. The first kappa shape index (κ1) is 20.5. The summed E-state index contributed by atoms with van der Waals surface area (Å²) < 4.78 is 19.4. The molecule has 3 rings (SSSR count). The number of para-hydroxylation sites is 1. The number of ether oxygens (including phenoxy) is 4. The lowest BCUT2D eigenvalue weighted by Gasteiger charge is -2.39. The second-order valence-corrected chi connectivity index (χ2v) is 7.08.